The number of aromatic nitrogens is 2. The van der Waals surface area contributed by atoms with Crippen LogP contribution in [0.1, 0.15) is 21.7 Å². The number of nitrogens with one attached hydrogen (secondary N) is 1. The number of rotatable bonds is 2. The van der Waals surface area contributed by atoms with E-state index in [-0.39, 0.29) is 16.4 Å². The van der Waals surface area contributed by atoms with Crippen molar-refractivity contribution in [2.75, 3.05) is 5.32 Å². The van der Waals surface area contributed by atoms with Gasteiger partial charge in [-0.05, 0) is 53.2 Å². The molecule has 130 valence electrons. The smallest absolute Gasteiger partial charge is 0.319 e. The zero-order valence-corrected chi connectivity index (χ0v) is 15.0. The third-order valence-corrected chi connectivity index (χ3v) is 4.31. The standard InChI is InChI=1S/C16H10BrClF3N3O/c1-8-14(24-7-10(17)3-5-13(24)22-8)15(25)23-12-6-9(16(19,20)21)2-4-11(12)18/h2-7H,1H3,(H,23,25). The van der Waals surface area contributed by atoms with Crippen LogP contribution in [-0.4, -0.2) is 15.3 Å². The Kier molecular flexibility index (Phi) is 4.51. The number of halogens is 5. The van der Waals surface area contributed by atoms with E-state index in [0.717, 1.165) is 22.7 Å². The van der Waals surface area contributed by atoms with E-state index in [4.69, 9.17) is 11.6 Å². The minimum absolute atomic E-state index is 0.00834. The molecule has 2 aromatic heterocycles. The van der Waals surface area contributed by atoms with Gasteiger partial charge in [-0.15, -0.1) is 0 Å². The molecule has 25 heavy (non-hydrogen) atoms. The quantitative estimate of drug-likeness (QED) is 0.595. The Bertz CT molecular complexity index is 985. The molecule has 1 N–H and O–H groups in total. The van der Waals surface area contributed by atoms with Gasteiger partial charge in [-0.2, -0.15) is 13.2 Å². The van der Waals surface area contributed by atoms with Crippen molar-refractivity contribution in [1.82, 2.24) is 9.38 Å². The SMILES string of the molecule is Cc1nc2ccc(Br)cn2c1C(=O)Nc1cc(C(F)(F)F)ccc1Cl. The van der Waals surface area contributed by atoms with Crippen LogP contribution >= 0.6 is 27.5 Å². The molecule has 0 atom stereocenters. The van der Waals surface area contributed by atoms with Gasteiger partial charge in [-0.3, -0.25) is 9.20 Å². The lowest BCUT2D eigenvalue weighted by molar-refractivity contribution is -0.137. The molecule has 0 aliphatic carbocycles. The second-order valence-corrected chi connectivity index (χ2v) is 6.59. The average Bonchev–Trinajstić information content (AvgIpc) is 2.83. The summed E-state index contributed by atoms with van der Waals surface area (Å²) < 4.78 is 40.8. The van der Waals surface area contributed by atoms with E-state index < -0.39 is 17.6 Å². The summed E-state index contributed by atoms with van der Waals surface area (Å²) in [5.74, 6) is -0.607. The summed E-state index contributed by atoms with van der Waals surface area (Å²) >= 11 is 9.23. The van der Waals surface area contributed by atoms with Crippen LogP contribution in [0.5, 0.6) is 0 Å². The minimum atomic E-state index is -4.53. The molecule has 0 fully saturated rings. The Morgan fingerprint density at radius 2 is 2.00 bits per heavy atom. The van der Waals surface area contributed by atoms with Gasteiger partial charge in [0.2, 0.25) is 0 Å². The lowest BCUT2D eigenvalue weighted by atomic mass is 10.2. The van der Waals surface area contributed by atoms with Crippen LogP contribution in [0.2, 0.25) is 5.02 Å². The Hall–Kier alpha value is -2.06. The van der Waals surface area contributed by atoms with E-state index in [1.165, 1.54) is 0 Å². The van der Waals surface area contributed by atoms with Gasteiger partial charge in [0, 0.05) is 10.7 Å². The number of anilines is 1. The maximum absolute atomic E-state index is 12.9. The second kappa shape index (κ2) is 6.34. The fourth-order valence-corrected chi connectivity index (χ4v) is 2.89. The van der Waals surface area contributed by atoms with Crippen molar-refractivity contribution in [3.05, 3.63) is 63.0 Å². The highest BCUT2D eigenvalue weighted by Crippen LogP contribution is 2.34. The van der Waals surface area contributed by atoms with Gasteiger partial charge in [-0.25, -0.2) is 4.98 Å². The molecule has 0 spiro atoms. The van der Waals surface area contributed by atoms with E-state index >= 15 is 0 Å². The Labute approximate surface area is 153 Å². The Balaban J connectivity index is 2.01. The van der Waals surface area contributed by atoms with Gasteiger partial charge < -0.3 is 5.32 Å². The van der Waals surface area contributed by atoms with Gasteiger partial charge >= 0.3 is 6.18 Å². The molecule has 0 saturated carbocycles. The lowest BCUT2D eigenvalue weighted by Crippen LogP contribution is -2.16. The molecule has 9 heteroatoms. The summed E-state index contributed by atoms with van der Waals surface area (Å²) in [6.07, 6.45) is -2.88. The number of carbonyl (C=O) groups excluding carboxylic acids is 1. The molecule has 0 bridgehead atoms. The minimum Gasteiger partial charge on any atom is -0.319 e. The summed E-state index contributed by atoms with van der Waals surface area (Å²) in [6.45, 7) is 1.64. The molecule has 1 amide bonds. The first-order chi connectivity index (χ1) is 11.7. The molecule has 1 aromatic carbocycles. The van der Waals surface area contributed by atoms with Gasteiger partial charge in [0.25, 0.3) is 5.91 Å². The normalized spacial score (nSPS) is 11.8. The van der Waals surface area contributed by atoms with E-state index in [0.29, 0.717) is 11.3 Å². The highest BCUT2D eigenvalue weighted by molar-refractivity contribution is 9.10. The van der Waals surface area contributed by atoms with Gasteiger partial charge in [0.15, 0.2) is 0 Å². The number of carbonyl (C=O) groups is 1. The number of hydrogen-bond acceptors (Lipinski definition) is 2. The van der Waals surface area contributed by atoms with E-state index in [1.807, 2.05) is 0 Å². The molecule has 0 unspecified atom stereocenters. The van der Waals surface area contributed by atoms with Crippen LogP contribution in [0.25, 0.3) is 5.65 Å². The van der Waals surface area contributed by atoms with Crippen molar-refractivity contribution in [2.45, 2.75) is 13.1 Å². The predicted octanol–water partition coefficient (Wildman–Crippen LogP) is 5.33. The average molecular weight is 433 g/mol. The van der Waals surface area contributed by atoms with Crippen LogP contribution in [0.3, 0.4) is 0 Å². The number of imidazole rings is 1. The van der Waals surface area contributed by atoms with E-state index in [9.17, 15) is 18.0 Å². The number of hydrogen-bond donors (Lipinski definition) is 1. The fraction of sp³-hybridized carbons (Fsp3) is 0.125. The summed E-state index contributed by atoms with van der Waals surface area (Å²) in [7, 11) is 0. The largest absolute Gasteiger partial charge is 0.416 e. The Morgan fingerprint density at radius 1 is 1.28 bits per heavy atom. The summed E-state index contributed by atoms with van der Waals surface area (Å²) in [6, 6.07) is 6.24. The zero-order valence-electron chi connectivity index (χ0n) is 12.7. The predicted molar refractivity (Wildman–Crippen MR) is 92.0 cm³/mol. The number of benzene rings is 1. The van der Waals surface area contributed by atoms with Gasteiger partial charge in [0.1, 0.15) is 11.3 Å². The molecule has 0 saturated heterocycles. The molecule has 4 nitrogen and oxygen atoms in total. The maximum Gasteiger partial charge on any atom is 0.416 e. The van der Waals surface area contributed by atoms with Crippen molar-refractivity contribution >= 4 is 44.8 Å². The summed E-state index contributed by atoms with van der Waals surface area (Å²) in [5.41, 5.74) is 0.181. The van der Waals surface area contributed by atoms with Gasteiger partial charge in [0.05, 0.1) is 22.0 Å². The number of fused-ring (bicyclic) bond motifs is 1. The third kappa shape index (κ3) is 3.50. The van der Waals surface area contributed by atoms with Crippen LogP contribution < -0.4 is 5.32 Å². The van der Waals surface area contributed by atoms with Crippen molar-refractivity contribution in [3.63, 3.8) is 0 Å². The molecule has 0 radical (unpaired) electrons. The zero-order chi connectivity index (χ0) is 18.4. The molecule has 0 aliphatic heterocycles. The summed E-state index contributed by atoms with van der Waals surface area (Å²) in [5, 5.41) is 2.44. The molecule has 3 rings (SSSR count). The number of pyridine rings is 1. The highest BCUT2D eigenvalue weighted by Gasteiger charge is 2.31. The maximum atomic E-state index is 12.9. The fourth-order valence-electron chi connectivity index (χ4n) is 2.39. The molecule has 2 heterocycles. The van der Waals surface area contributed by atoms with Crippen molar-refractivity contribution in [1.29, 1.82) is 0 Å². The first-order valence-corrected chi connectivity index (χ1v) is 8.16. The van der Waals surface area contributed by atoms with Crippen LogP contribution in [-0.2, 0) is 6.18 Å². The topological polar surface area (TPSA) is 46.4 Å². The van der Waals surface area contributed by atoms with Gasteiger partial charge in [-0.1, -0.05) is 11.6 Å². The molecule has 0 aliphatic rings. The van der Waals surface area contributed by atoms with Crippen LogP contribution in [0.15, 0.2) is 41.0 Å². The van der Waals surface area contributed by atoms with Crippen molar-refractivity contribution in [3.8, 4) is 0 Å². The number of alkyl halides is 3. The molecular formula is C16H10BrClF3N3O. The molecule has 3 aromatic rings. The number of aryl methyl sites for hydroxylation is 1. The van der Waals surface area contributed by atoms with Crippen molar-refractivity contribution in [2.24, 2.45) is 0 Å². The number of amides is 1. The lowest BCUT2D eigenvalue weighted by Gasteiger charge is -2.12. The second-order valence-electron chi connectivity index (χ2n) is 5.27. The summed E-state index contributed by atoms with van der Waals surface area (Å²) in [4.78, 5) is 16.9. The monoisotopic (exact) mass is 431 g/mol. The first-order valence-electron chi connectivity index (χ1n) is 6.99. The first kappa shape index (κ1) is 17.8. The van der Waals surface area contributed by atoms with E-state index in [2.05, 4.69) is 26.2 Å². The third-order valence-electron chi connectivity index (χ3n) is 3.51. The Morgan fingerprint density at radius 3 is 2.68 bits per heavy atom. The highest BCUT2D eigenvalue weighted by atomic mass is 79.9. The molecular weight excluding hydrogens is 423 g/mol. The van der Waals surface area contributed by atoms with Crippen LogP contribution in [0, 0.1) is 6.92 Å². The van der Waals surface area contributed by atoms with Crippen molar-refractivity contribution < 1.29 is 18.0 Å². The van der Waals surface area contributed by atoms with E-state index in [1.54, 1.807) is 29.7 Å². The number of nitrogens with zero attached hydrogens (tertiary/aromatic N) is 2. The van der Waals surface area contributed by atoms with Crippen LogP contribution in [0.4, 0.5) is 18.9 Å².